The van der Waals surface area contributed by atoms with Gasteiger partial charge in [0.15, 0.2) is 6.61 Å². The van der Waals surface area contributed by atoms with Gasteiger partial charge in [0.1, 0.15) is 12.3 Å². The monoisotopic (exact) mass is 512 g/mol. The quantitative estimate of drug-likeness (QED) is 0.266. The zero-order valence-corrected chi connectivity index (χ0v) is 20.2. The lowest BCUT2D eigenvalue weighted by Crippen LogP contribution is -2.37. The van der Waals surface area contributed by atoms with Crippen LogP contribution in [0.2, 0.25) is 5.02 Å². The molecule has 0 radical (unpaired) electrons. The van der Waals surface area contributed by atoms with Gasteiger partial charge >= 0.3 is 0 Å². The summed E-state index contributed by atoms with van der Waals surface area (Å²) in [6, 6.07) is 24.9. The van der Waals surface area contributed by atoms with Crippen molar-refractivity contribution in [1.29, 1.82) is 0 Å². The fraction of sp³-hybridized carbons (Fsp3) is 0.0714. The largest absolute Gasteiger partial charge is 0.484 e. The van der Waals surface area contributed by atoms with E-state index in [1.54, 1.807) is 54.6 Å². The summed E-state index contributed by atoms with van der Waals surface area (Å²) in [7, 11) is 0. The minimum Gasteiger partial charge on any atom is -0.484 e. The molecule has 0 atom stereocenters. The molecule has 0 saturated heterocycles. The van der Waals surface area contributed by atoms with Crippen molar-refractivity contribution < 1.29 is 19.1 Å². The van der Waals surface area contributed by atoms with E-state index in [0.29, 0.717) is 33.3 Å². The number of nitrogens with zero attached hydrogens (tertiary/aromatic N) is 2. The summed E-state index contributed by atoms with van der Waals surface area (Å²) >= 11 is 5.91. The van der Waals surface area contributed by atoms with E-state index in [2.05, 4.69) is 15.8 Å². The third-order valence-electron chi connectivity index (χ3n) is 5.71. The first-order valence-corrected chi connectivity index (χ1v) is 11.8. The SMILES string of the molecule is O=C(CN1C(=O)c2cccc3cccc1c23)N/N=C/c1ccc(OCC(=O)Nc2cccc(Cl)c2)cc1. The van der Waals surface area contributed by atoms with Crippen molar-refractivity contribution in [3.63, 3.8) is 0 Å². The Bertz CT molecular complexity index is 1530. The second-order valence-electron chi connectivity index (χ2n) is 8.28. The van der Waals surface area contributed by atoms with Crippen LogP contribution in [0.25, 0.3) is 10.8 Å². The summed E-state index contributed by atoms with van der Waals surface area (Å²) in [4.78, 5) is 38.8. The number of carbonyl (C=O) groups is 3. The lowest BCUT2D eigenvalue weighted by atomic mass is 10.1. The van der Waals surface area contributed by atoms with Gasteiger partial charge in [0.25, 0.3) is 17.7 Å². The van der Waals surface area contributed by atoms with E-state index >= 15 is 0 Å². The van der Waals surface area contributed by atoms with Crippen molar-refractivity contribution in [2.75, 3.05) is 23.4 Å². The van der Waals surface area contributed by atoms with Crippen LogP contribution in [-0.4, -0.2) is 37.1 Å². The van der Waals surface area contributed by atoms with Crippen LogP contribution in [0.3, 0.4) is 0 Å². The smallest absolute Gasteiger partial charge is 0.262 e. The topological polar surface area (TPSA) is 100 Å². The number of nitrogens with one attached hydrogen (secondary N) is 2. The lowest BCUT2D eigenvalue weighted by Gasteiger charge is -2.16. The number of hydrogen-bond donors (Lipinski definition) is 2. The molecule has 0 aliphatic carbocycles. The first-order chi connectivity index (χ1) is 18.0. The summed E-state index contributed by atoms with van der Waals surface area (Å²) < 4.78 is 5.51. The van der Waals surface area contributed by atoms with E-state index in [4.69, 9.17) is 16.3 Å². The molecule has 9 heteroatoms. The third-order valence-corrected chi connectivity index (χ3v) is 5.95. The van der Waals surface area contributed by atoms with Gasteiger partial charge in [-0.05, 0) is 65.5 Å². The maximum Gasteiger partial charge on any atom is 0.262 e. The highest BCUT2D eigenvalue weighted by molar-refractivity contribution is 6.31. The average molecular weight is 513 g/mol. The molecule has 1 aliphatic rings. The van der Waals surface area contributed by atoms with E-state index in [1.807, 2.05) is 30.3 Å². The summed E-state index contributed by atoms with van der Waals surface area (Å²) in [5, 5.41) is 9.04. The fourth-order valence-corrected chi connectivity index (χ4v) is 4.25. The molecule has 0 fully saturated rings. The molecule has 0 bridgehead atoms. The minimum absolute atomic E-state index is 0.145. The second-order valence-corrected chi connectivity index (χ2v) is 8.72. The standard InChI is InChI=1S/C28H21ClN4O4/c29-20-6-3-7-21(14-20)31-26(35)17-37-22-12-10-18(11-13-22)15-30-32-25(34)16-33-24-9-2-5-19-4-1-8-23(27(19)24)28(33)36/h1-15H,16-17H2,(H,31,35)(H,32,34)/b30-15+. The molecule has 4 aromatic carbocycles. The maximum absolute atomic E-state index is 12.8. The van der Waals surface area contributed by atoms with Gasteiger partial charge in [0.05, 0.1) is 11.9 Å². The zero-order chi connectivity index (χ0) is 25.8. The lowest BCUT2D eigenvalue weighted by molar-refractivity contribution is -0.120. The molecule has 184 valence electrons. The highest BCUT2D eigenvalue weighted by atomic mass is 35.5. The molecular formula is C28H21ClN4O4. The average Bonchev–Trinajstić information content (AvgIpc) is 3.16. The van der Waals surface area contributed by atoms with Crippen LogP contribution in [0.15, 0.2) is 90.0 Å². The molecule has 37 heavy (non-hydrogen) atoms. The predicted molar refractivity (Wildman–Crippen MR) is 143 cm³/mol. The Kier molecular flexibility index (Phi) is 6.83. The number of carbonyl (C=O) groups excluding carboxylic acids is 3. The molecule has 5 rings (SSSR count). The molecule has 8 nitrogen and oxygen atoms in total. The number of anilines is 2. The number of benzene rings is 4. The van der Waals surface area contributed by atoms with E-state index in [9.17, 15) is 14.4 Å². The van der Waals surface area contributed by atoms with Crippen LogP contribution in [0.4, 0.5) is 11.4 Å². The van der Waals surface area contributed by atoms with Crippen molar-refractivity contribution in [2.24, 2.45) is 5.10 Å². The Morgan fingerprint density at radius 1 is 0.946 bits per heavy atom. The third kappa shape index (κ3) is 5.44. The fourth-order valence-electron chi connectivity index (χ4n) is 4.06. The number of hydrogen-bond acceptors (Lipinski definition) is 5. The molecule has 0 aromatic heterocycles. The van der Waals surface area contributed by atoms with E-state index in [0.717, 1.165) is 10.8 Å². The number of rotatable bonds is 8. The number of amides is 3. The Labute approximate surface area is 217 Å². The molecule has 3 amide bonds. The van der Waals surface area contributed by atoms with Gasteiger partial charge in [-0.15, -0.1) is 0 Å². The van der Waals surface area contributed by atoms with Gasteiger partial charge in [-0.2, -0.15) is 5.10 Å². The molecule has 4 aromatic rings. The van der Waals surface area contributed by atoms with Gasteiger partial charge in [-0.3, -0.25) is 19.3 Å². The minimum atomic E-state index is -0.417. The molecule has 1 heterocycles. The second kappa shape index (κ2) is 10.5. The van der Waals surface area contributed by atoms with Crippen molar-refractivity contribution >= 4 is 57.7 Å². The van der Waals surface area contributed by atoms with E-state index < -0.39 is 5.91 Å². The van der Waals surface area contributed by atoms with E-state index in [1.165, 1.54) is 11.1 Å². The van der Waals surface area contributed by atoms with Crippen molar-refractivity contribution in [1.82, 2.24) is 5.43 Å². The zero-order valence-electron chi connectivity index (χ0n) is 19.5. The summed E-state index contributed by atoms with van der Waals surface area (Å²) in [6.45, 7) is -0.309. The predicted octanol–water partition coefficient (Wildman–Crippen LogP) is 4.62. The Hall–Kier alpha value is -4.69. The number of hydrazone groups is 1. The normalized spacial score (nSPS) is 12.2. The van der Waals surface area contributed by atoms with Gasteiger partial charge in [-0.1, -0.05) is 41.9 Å². The van der Waals surface area contributed by atoms with Gasteiger partial charge in [0.2, 0.25) is 0 Å². The number of halogens is 1. The maximum atomic E-state index is 12.8. The number of ether oxygens (including phenoxy) is 1. The van der Waals surface area contributed by atoms with Crippen molar-refractivity contribution in [2.45, 2.75) is 0 Å². The van der Waals surface area contributed by atoms with Gasteiger partial charge < -0.3 is 10.1 Å². The summed E-state index contributed by atoms with van der Waals surface area (Å²) in [5.74, 6) is -0.432. The van der Waals surface area contributed by atoms with Crippen LogP contribution >= 0.6 is 11.6 Å². The van der Waals surface area contributed by atoms with Crippen molar-refractivity contribution in [3.8, 4) is 5.75 Å². The summed E-state index contributed by atoms with van der Waals surface area (Å²) in [6.07, 6.45) is 1.48. The van der Waals surface area contributed by atoms with Crippen LogP contribution in [-0.2, 0) is 9.59 Å². The van der Waals surface area contributed by atoms with Crippen LogP contribution in [0.1, 0.15) is 15.9 Å². The van der Waals surface area contributed by atoms with Gasteiger partial charge in [0, 0.05) is 21.7 Å². The van der Waals surface area contributed by atoms with Gasteiger partial charge in [-0.25, -0.2) is 5.43 Å². The Balaban J connectivity index is 1.11. The molecule has 0 saturated carbocycles. The molecular weight excluding hydrogens is 492 g/mol. The van der Waals surface area contributed by atoms with E-state index in [-0.39, 0.29) is 25.0 Å². The molecule has 0 spiro atoms. The van der Waals surface area contributed by atoms with Crippen LogP contribution in [0.5, 0.6) is 5.75 Å². The van der Waals surface area contributed by atoms with Crippen molar-refractivity contribution in [3.05, 3.63) is 101 Å². The highest BCUT2D eigenvalue weighted by Crippen LogP contribution is 2.36. The van der Waals surface area contributed by atoms with Crippen LogP contribution in [0, 0.1) is 0 Å². The molecule has 2 N–H and O–H groups in total. The summed E-state index contributed by atoms with van der Waals surface area (Å²) in [5.41, 5.74) is 5.07. The highest BCUT2D eigenvalue weighted by Gasteiger charge is 2.30. The first kappa shape index (κ1) is 24.0. The molecule has 1 aliphatic heterocycles. The first-order valence-electron chi connectivity index (χ1n) is 11.4. The van der Waals surface area contributed by atoms with Crippen LogP contribution < -0.4 is 20.4 Å². The molecule has 0 unspecified atom stereocenters. The Morgan fingerprint density at radius 2 is 1.70 bits per heavy atom. The Morgan fingerprint density at radius 3 is 2.49 bits per heavy atom.